The quantitative estimate of drug-likeness (QED) is 0.332. The van der Waals surface area contributed by atoms with Crippen LogP contribution < -0.4 is 0 Å². The third-order valence-corrected chi connectivity index (χ3v) is 1.17. The van der Waals surface area contributed by atoms with Crippen molar-refractivity contribution in [2.75, 3.05) is 6.61 Å². The number of hydrogen-bond donors (Lipinski definition) is 0. The number of carbonyl (C=O) groups is 2. The molecule has 0 heterocycles. The lowest BCUT2D eigenvalue weighted by Crippen LogP contribution is -2.04. The van der Waals surface area contributed by atoms with Crippen LogP contribution in [0.15, 0.2) is 0 Å². The molecule has 0 saturated carbocycles. The van der Waals surface area contributed by atoms with Crippen LogP contribution in [0.25, 0.3) is 0 Å². The molecule has 0 atom stereocenters. The molecule has 0 aliphatic carbocycles. The summed E-state index contributed by atoms with van der Waals surface area (Å²) in [5.41, 5.74) is 0. The highest BCUT2D eigenvalue weighted by Crippen LogP contribution is 1.95. The Morgan fingerprint density at radius 2 is 2.27 bits per heavy atom. The molecule has 64 valence electrons. The Morgan fingerprint density at radius 3 is 2.82 bits per heavy atom. The van der Waals surface area contributed by atoms with Crippen LogP contribution in [-0.4, -0.2) is 18.9 Å². The number of aldehydes is 1. The molecule has 3 heteroatoms. The summed E-state index contributed by atoms with van der Waals surface area (Å²) in [5.74, 6) is -0.200. The van der Waals surface area contributed by atoms with Crippen molar-refractivity contribution in [1.29, 1.82) is 0 Å². The second kappa shape index (κ2) is 7.25. The molecule has 0 aliphatic rings. The van der Waals surface area contributed by atoms with Crippen molar-refractivity contribution in [2.24, 2.45) is 0 Å². The molecule has 11 heavy (non-hydrogen) atoms. The minimum Gasteiger partial charge on any atom is -0.466 e. The van der Waals surface area contributed by atoms with Gasteiger partial charge < -0.3 is 9.53 Å². The van der Waals surface area contributed by atoms with E-state index in [1.54, 1.807) is 0 Å². The van der Waals surface area contributed by atoms with Crippen LogP contribution in [0, 0.1) is 0 Å². The van der Waals surface area contributed by atoms with Gasteiger partial charge in [0.2, 0.25) is 0 Å². The van der Waals surface area contributed by atoms with E-state index in [2.05, 4.69) is 0 Å². The lowest BCUT2D eigenvalue weighted by molar-refractivity contribution is -0.143. The molecule has 3 nitrogen and oxygen atoms in total. The second-order valence-corrected chi connectivity index (χ2v) is 2.28. The molecule has 0 spiro atoms. The van der Waals surface area contributed by atoms with Gasteiger partial charge in [-0.05, 0) is 12.8 Å². The number of rotatable bonds is 6. The molecule has 0 N–H and O–H groups in total. The molecule has 0 aromatic carbocycles. The molecule has 0 rings (SSSR count). The first-order valence-electron chi connectivity index (χ1n) is 3.90. The van der Waals surface area contributed by atoms with E-state index in [0.29, 0.717) is 25.9 Å². The Kier molecular flexibility index (Phi) is 6.68. The Labute approximate surface area is 66.7 Å². The fourth-order valence-electron chi connectivity index (χ4n) is 0.618. The van der Waals surface area contributed by atoms with Gasteiger partial charge in [0.25, 0.3) is 0 Å². The molecule has 0 radical (unpaired) electrons. The first-order chi connectivity index (χ1) is 5.31. The van der Waals surface area contributed by atoms with Crippen molar-refractivity contribution < 1.29 is 14.3 Å². The lowest BCUT2D eigenvalue weighted by Gasteiger charge is -2.00. The number of ether oxygens (including phenoxy) is 1. The van der Waals surface area contributed by atoms with Gasteiger partial charge in [-0.2, -0.15) is 0 Å². The topological polar surface area (TPSA) is 43.4 Å². The zero-order chi connectivity index (χ0) is 8.53. The summed E-state index contributed by atoms with van der Waals surface area (Å²) < 4.78 is 4.78. The molecular formula is C8H14O3. The molecule has 0 fully saturated rings. The molecule has 0 aliphatic heterocycles. The van der Waals surface area contributed by atoms with Crippen LogP contribution in [0.5, 0.6) is 0 Å². The Balaban J connectivity index is 3.15. The van der Waals surface area contributed by atoms with Gasteiger partial charge in [-0.15, -0.1) is 0 Å². The average molecular weight is 158 g/mol. The van der Waals surface area contributed by atoms with E-state index in [1.807, 2.05) is 6.92 Å². The molecule has 0 bridgehead atoms. The Hall–Kier alpha value is -0.860. The highest BCUT2D eigenvalue weighted by molar-refractivity contribution is 5.69. The van der Waals surface area contributed by atoms with Gasteiger partial charge >= 0.3 is 5.97 Å². The molecule has 0 amide bonds. The lowest BCUT2D eigenvalue weighted by atomic mass is 10.2. The van der Waals surface area contributed by atoms with Crippen molar-refractivity contribution in [2.45, 2.75) is 32.6 Å². The minimum atomic E-state index is -0.200. The van der Waals surface area contributed by atoms with Gasteiger partial charge in [0.1, 0.15) is 6.29 Å². The summed E-state index contributed by atoms with van der Waals surface area (Å²) in [5, 5.41) is 0. The smallest absolute Gasteiger partial charge is 0.305 e. The fraction of sp³-hybridized carbons (Fsp3) is 0.750. The number of unbranched alkanes of at least 4 members (excludes halogenated alkanes) is 1. The summed E-state index contributed by atoms with van der Waals surface area (Å²) in [6.45, 7) is 2.43. The highest BCUT2D eigenvalue weighted by atomic mass is 16.5. The highest BCUT2D eigenvalue weighted by Gasteiger charge is 1.99. The van der Waals surface area contributed by atoms with Gasteiger partial charge in [-0.1, -0.05) is 6.92 Å². The SMILES string of the molecule is CCCOC(=O)CCCC=O. The van der Waals surface area contributed by atoms with Crippen LogP contribution in [0.4, 0.5) is 0 Å². The second-order valence-electron chi connectivity index (χ2n) is 2.28. The summed E-state index contributed by atoms with van der Waals surface area (Å²) >= 11 is 0. The molecule has 0 aromatic rings. The minimum absolute atomic E-state index is 0.200. The molecule has 0 aromatic heterocycles. The van der Waals surface area contributed by atoms with E-state index in [-0.39, 0.29) is 5.97 Å². The van der Waals surface area contributed by atoms with Crippen molar-refractivity contribution in [3.8, 4) is 0 Å². The van der Waals surface area contributed by atoms with Crippen molar-refractivity contribution in [1.82, 2.24) is 0 Å². The monoisotopic (exact) mass is 158 g/mol. The van der Waals surface area contributed by atoms with Crippen LogP contribution in [0.1, 0.15) is 32.6 Å². The summed E-state index contributed by atoms with van der Waals surface area (Å²) in [6.07, 6.45) is 3.07. The van der Waals surface area contributed by atoms with E-state index in [9.17, 15) is 9.59 Å². The molecular weight excluding hydrogens is 144 g/mol. The standard InChI is InChI=1S/C8H14O3/c1-2-7-11-8(10)5-3-4-6-9/h6H,2-5,7H2,1H3. The van der Waals surface area contributed by atoms with Crippen molar-refractivity contribution in [3.05, 3.63) is 0 Å². The van der Waals surface area contributed by atoms with E-state index in [0.717, 1.165) is 12.7 Å². The van der Waals surface area contributed by atoms with Crippen molar-refractivity contribution >= 4 is 12.3 Å². The largest absolute Gasteiger partial charge is 0.466 e. The predicted molar refractivity (Wildman–Crippen MR) is 41.2 cm³/mol. The number of hydrogen-bond acceptors (Lipinski definition) is 3. The van der Waals surface area contributed by atoms with Crippen LogP contribution >= 0.6 is 0 Å². The van der Waals surface area contributed by atoms with Crippen LogP contribution in [0.2, 0.25) is 0 Å². The van der Waals surface area contributed by atoms with Gasteiger partial charge in [-0.3, -0.25) is 4.79 Å². The summed E-state index contributed by atoms with van der Waals surface area (Å²) in [6, 6.07) is 0. The normalized spacial score (nSPS) is 9.18. The van der Waals surface area contributed by atoms with Gasteiger partial charge in [-0.25, -0.2) is 0 Å². The van der Waals surface area contributed by atoms with E-state index in [1.165, 1.54) is 0 Å². The van der Waals surface area contributed by atoms with Gasteiger partial charge in [0, 0.05) is 12.8 Å². The number of carbonyl (C=O) groups excluding carboxylic acids is 2. The fourth-order valence-corrected chi connectivity index (χ4v) is 0.618. The average Bonchev–Trinajstić information content (AvgIpc) is 2.01. The van der Waals surface area contributed by atoms with Crippen LogP contribution in [0.3, 0.4) is 0 Å². The Morgan fingerprint density at radius 1 is 1.55 bits per heavy atom. The first-order valence-corrected chi connectivity index (χ1v) is 3.90. The Bertz CT molecular complexity index is 121. The maximum Gasteiger partial charge on any atom is 0.305 e. The van der Waals surface area contributed by atoms with Crippen LogP contribution in [-0.2, 0) is 14.3 Å². The molecule has 0 saturated heterocycles. The maximum absolute atomic E-state index is 10.7. The van der Waals surface area contributed by atoms with E-state index < -0.39 is 0 Å². The van der Waals surface area contributed by atoms with Gasteiger partial charge in [0.15, 0.2) is 0 Å². The third-order valence-electron chi connectivity index (χ3n) is 1.17. The van der Waals surface area contributed by atoms with Crippen molar-refractivity contribution in [3.63, 3.8) is 0 Å². The third kappa shape index (κ3) is 7.03. The van der Waals surface area contributed by atoms with E-state index in [4.69, 9.17) is 4.74 Å². The molecule has 0 unspecified atom stereocenters. The maximum atomic E-state index is 10.7. The summed E-state index contributed by atoms with van der Waals surface area (Å²) in [4.78, 5) is 20.6. The van der Waals surface area contributed by atoms with Gasteiger partial charge in [0.05, 0.1) is 6.61 Å². The first kappa shape index (κ1) is 10.1. The number of esters is 1. The predicted octanol–water partition coefficient (Wildman–Crippen LogP) is 1.31. The van der Waals surface area contributed by atoms with E-state index >= 15 is 0 Å². The zero-order valence-electron chi connectivity index (χ0n) is 6.84. The summed E-state index contributed by atoms with van der Waals surface area (Å²) in [7, 11) is 0. The zero-order valence-corrected chi connectivity index (χ0v) is 6.84.